The second-order valence-corrected chi connectivity index (χ2v) is 5.94. The lowest BCUT2D eigenvalue weighted by molar-refractivity contribution is -0.122. The van der Waals surface area contributed by atoms with Crippen LogP contribution in [-0.4, -0.2) is 32.5 Å². The van der Waals surface area contributed by atoms with Gasteiger partial charge in [0, 0.05) is 18.9 Å². The third kappa shape index (κ3) is 3.42. The number of carbonyl (C=O) groups is 1. The van der Waals surface area contributed by atoms with Gasteiger partial charge in [-0.2, -0.15) is 0 Å². The molecule has 0 aliphatic heterocycles. The molecular weight excluding hydrogens is 266 g/mol. The molecule has 2 heterocycles. The van der Waals surface area contributed by atoms with Gasteiger partial charge in [-0.05, 0) is 25.0 Å². The van der Waals surface area contributed by atoms with E-state index in [0.29, 0.717) is 6.54 Å². The third-order valence-corrected chi connectivity index (χ3v) is 4.15. The van der Waals surface area contributed by atoms with Crippen LogP contribution in [-0.2, 0) is 11.2 Å². The highest BCUT2D eigenvalue weighted by molar-refractivity contribution is 5.78. The number of rotatable bonds is 4. The predicted octanol–water partition coefficient (Wildman–Crippen LogP) is 1.69. The molecule has 1 aliphatic carbocycles. The van der Waals surface area contributed by atoms with Crippen molar-refractivity contribution in [3.63, 3.8) is 0 Å². The van der Waals surface area contributed by atoms with Gasteiger partial charge in [-0.15, -0.1) is 0 Å². The first kappa shape index (κ1) is 14.1. The van der Waals surface area contributed by atoms with E-state index in [2.05, 4.69) is 10.3 Å². The number of amides is 1. The Morgan fingerprint density at radius 2 is 2.14 bits per heavy atom. The predicted molar refractivity (Wildman–Crippen MR) is 79.9 cm³/mol. The summed E-state index contributed by atoms with van der Waals surface area (Å²) in [5, 5.41) is 13.2. The average Bonchev–Trinajstić information content (AvgIpc) is 2.88. The van der Waals surface area contributed by atoms with E-state index >= 15 is 0 Å². The number of hydrogen-bond acceptors (Lipinski definition) is 3. The van der Waals surface area contributed by atoms with E-state index in [1.807, 2.05) is 35.0 Å². The highest BCUT2D eigenvalue weighted by Crippen LogP contribution is 2.27. The van der Waals surface area contributed by atoms with Crippen molar-refractivity contribution in [3.8, 4) is 0 Å². The van der Waals surface area contributed by atoms with Crippen LogP contribution in [0.2, 0.25) is 0 Å². The Labute approximate surface area is 124 Å². The van der Waals surface area contributed by atoms with Crippen molar-refractivity contribution in [3.05, 3.63) is 36.3 Å². The minimum absolute atomic E-state index is 0.0857. The lowest BCUT2D eigenvalue weighted by atomic mass is 9.85. The molecule has 21 heavy (non-hydrogen) atoms. The van der Waals surface area contributed by atoms with Gasteiger partial charge in [0.1, 0.15) is 5.65 Å². The topological polar surface area (TPSA) is 66.6 Å². The van der Waals surface area contributed by atoms with Crippen LogP contribution in [0.1, 0.15) is 37.8 Å². The maximum Gasteiger partial charge on any atom is 0.226 e. The molecule has 0 unspecified atom stereocenters. The van der Waals surface area contributed by atoms with E-state index in [-0.39, 0.29) is 12.3 Å². The van der Waals surface area contributed by atoms with E-state index in [9.17, 15) is 9.90 Å². The number of aromatic nitrogens is 2. The number of pyridine rings is 1. The van der Waals surface area contributed by atoms with Crippen molar-refractivity contribution in [1.29, 1.82) is 0 Å². The third-order valence-electron chi connectivity index (χ3n) is 4.15. The fourth-order valence-electron chi connectivity index (χ4n) is 2.95. The van der Waals surface area contributed by atoms with Gasteiger partial charge < -0.3 is 14.8 Å². The summed E-state index contributed by atoms with van der Waals surface area (Å²) in [6, 6.07) is 5.76. The monoisotopic (exact) mass is 287 g/mol. The molecule has 1 aliphatic rings. The molecule has 2 N–H and O–H groups in total. The van der Waals surface area contributed by atoms with Gasteiger partial charge in [0.25, 0.3) is 0 Å². The first-order chi connectivity index (χ1) is 10.1. The highest BCUT2D eigenvalue weighted by atomic mass is 16.3. The number of hydrogen-bond donors (Lipinski definition) is 2. The number of fused-ring (bicyclic) bond motifs is 1. The number of imidazole rings is 1. The van der Waals surface area contributed by atoms with E-state index in [0.717, 1.165) is 37.0 Å². The maximum atomic E-state index is 12.0. The maximum absolute atomic E-state index is 12.0. The smallest absolute Gasteiger partial charge is 0.226 e. The van der Waals surface area contributed by atoms with Gasteiger partial charge in [0.05, 0.1) is 17.7 Å². The molecule has 5 heteroatoms. The molecule has 2 aromatic heterocycles. The van der Waals surface area contributed by atoms with Crippen LogP contribution in [0.25, 0.3) is 5.65 Å². The molecule has 5 nitrogen and oxygen atoms in total. The highest BCUT2D eigenvalue weighted by Gasteiger charge is 2.29. The summed E-state index contributed by atoms with van der Waals surface area (Å²) in [6.07, 6.45) is 8.84. The molecule has 0 aromatic carbocycles. The summed E-state index contributed by atoms with van der Waals surface area (Å²) in [4.78, 5) is 16.4. The second kappa shape index (κ2) is 5.85. The summed E-state index contributed by atoms with van der Waals surface area (Å²) < 4.78 is 1.90. The lowest BCUT2D eigenvalue weighted by Crippen LogP contribution is -2.44. The standard InChI is InChI=1S/C16H21N3O2/c20-15(17-12-16(21)7-3-1-4-8-16)10-13-11-19-9-5-2-6-14(19)18-13/h2,5-6,9,11,21H,1,3-4,7-8,10,12H2,(H,17,20). The van der Waals surface area contributed by atoms with Crippen molar-refractivity contribution in [2.45, 2.75) is 44.1 Å². The molecular formula is C16H21N3O2. The van der Waals surface area contributed by atoms with Gasteiger partial charge in [-0.3, -0.25) is 4.79 Å². The molecule has 0 radical (unpaired) electrons. The minimum Gasteiger partial charge on any atom is -0.388 e. The fourth-order valence-corrected chi connectivity index (χ4v) is 2.95. The second-order valence-electron chi connectivity index (χ2n) is 5.94. The molecule has 0 saturated heterocycles. The molecule has 3 rings (SSSR count). The van der Waals surface area contributed by atoms with Crippen molar-refractivity contribution < 1.29 is 9.90 Å². The molecule has 1 fully saturated rings. The molecule has 0 atom stereocenters. The molecule has 1 amide bonds. The quantitative estimate of drug-likeness (QED) is 0.899. The van der Waals surface area contributed by atoms with Gasteiger partial charge in [0.2, 0.25) is 5.91 Å². The van der Waals surface area contributed by atoms with Gasteiger partial charge >= 0.3 is 0 Å². The zero-order valence-electron chi connectivity index (χ0n) is 12.1. The van der Waals surface area contributed by atoms with Crippen LogP contribution in [0.4, 0.5) is 0 Å². The zero-order chi connectivity index (χ0) is 14.7. The summed E-state index contributed by atoms with van der Waals surface area (Å²) in [5.74, 6) is -0.0857. The number of carbonyl (C=O) groups excluding carboxylic acids is 1. The summed E-state index contributed by atoms with van der Waals surface area (Å²) >= 11 is 0. The Morgan fingerprint density at radius 1 is 1.33 bits per heavy atom. The van der Waals surface area contributed by atoms with E-state index in [1.165, 1.54) is 6.42 Å². The van der Waals surface area contributed by atoms with Crippen LogP contribution < -0.4 is 5.32 Å². The summed E-state index contributed by atoms with van der Waals surface area (Å²) in [5.41, 5.74) is 0.868. The molecule has 112 valence electrons. The normalized spacial score (nSPS) is 17.8. The van der Waals surface area contributed by atoms with Gasteiger partial charge in [-0.1, -0.05) is 25.3 Å². The van der Waals surface area contributed by atoms with Crippen molar-refractivity contribution in [1.82, 2.24) is 14.7 Å². The van der Waals surface area contributed by atoms with Gasteiger partial charge in [-0.25, -0.2) is 4.98 Å². The Morgan fingerprint density at radius 3 is 2.90 bits per heavy atom. The first-order valence-electron chi connectivity index (χ1n) is 7.56. The minimum atomic E-state index is -0.715. The van der Waals surface area contributed by atoms with Crippen molar-refractivity contribution in [2.24, 2.45) is 0 Å². The summed E-state index contributed by atoms with van der Waals surface area (Å²) in [6.45, 7) is 0.346. The van der Waals surface area contributed by atoms with Gasteiger partial charge in [0.15, 0.2) is 0 Å². The molecule has 0 spiro atoms. The van der Waals surface area contributed by atoms with Crippen molar-refractivity contribution in [2.75, 3.05) is 6.54 Å². The SMILES string of the molecule is O=C(Cc1cn2ccccc2n1)NCC1(O)CCCCC1. The molecule has 0 bridgehead atoms. The Hall–Kier alpha value is -1.88. The fraction of sp³-hybridized carbons (Fsp3) is 0.500. The number of nitrogens with zero attached hydrogens (tertiary/aromatic N) is 2. The Kier molecular flexibility index (Phi) is 3.92. The van der Waals surface area contributed by atoms with Crippen molar-refractivity contribution >= 4 is 11.6 Å². The van der Waals surface area contributed by atoms with Crippen LogP contribution in [0.5, 0.6) is 0 Å². The number of nitrogens with one attached hydrogen (secondary N) is 1. The average molecular weight is 287 g/mol. The van der Waals surface area contributed by atoms with E-state index < -0.39 is 5.60 Å². The lowest BCUT2D eigenvalue weighted by Gasteiger charge is -2.32. The van der Waals surface area contributed by atoms with Crippen LogP contribution in [0, 0.1) is 0 Å². The van der Waals surface area contributed by atoms with E-state index in [1.54, 1.807) is 0 Å². The molecule has 2 aromatic rings. The van der Waals surface area contributed by atoms with Crippen LogP contribution in [0.3, 0.4) is 0 Å². The van der Waals surface area contributed by atoms with Crippen LogP contribution in [0.15, 0.2) is 30.6 Å². The zero-order valence-corrected chi connectivity index (χ0v) is 12.1. The Balaban J connectivity index is 1.56. The first-order valence-corrected chi connectivity index (χ1v) is 7.56. The molecule has 1 saturated carbocycles. The number of aliphatic hydroxyl groups is 1. The van der Waals surface area contributed by atoms with Crippen LogP contribution >= 0.6 is 0 Å². The summed E-state index contributed by atoms with van der Waals surface area (Å²) in [7, 11) is 0. The largest absolute Gasteiger partial charge is 0.388 e. The van der Waals surface area contributed by atoms with E-state index in [4.69, 9.17) is 0 Å². The Bertz CT molecular complexity index is 596.